The second kappa shape index (κ2) is 11.1. The van der Waals surface area contributed by atoms with Crippen molar-refractivity contribution >= 4 is 12.1 Å². The number of aromatic nitrogens is 4. The van der Waals surface area contributed by atoms with Crippen LogP contribution in [-0.4, -0.2) is 49.9 Å². The SMILES string of the molecule is CC[C@H](C)COC(=O)NCc1c(-c2ccc(C)c(O[C@H]3CCCC[C@@H]3C(=O)O)n2)nnn1C. The van der Waals surface area contributed by atoms with Crippen molar-refractivity contribution in [3.63, 3.8) is 0 Å². The molecular formula is C23H33N5O5. The van der Waals surface area contributed by atoms with Crippen LogP contribution in [0.4, 0.5) is 4.79 Å². The fourth-order valence-electron chi connectivity index (χ4n) is 3.74. The number of carboxylic acid groups (broad SMARTS) is 1. The Morgan fingerprint density at radius 3 is 2.79 bits per heavy atom. The van der Waals surface area contributed by atoms with Crippen LogP contribution in [0.3, 0.4) is 0 Å². The molecule has 2 aromatic rings. The van der Waals surface area contributed by atoms with Gasteiger partial charge in [-0.15, -0.1) is 5.10 Å². The molecule has 0 aliphatic heterocycles. The van der Waals surface area contributed by atoms with Crippen LogP contribution in [-0.2, 0) is 23.1 Å². The number of carboxylic acids is 1. The van der Waals surface area contributed by atoms with E-state index in [9.17, 15) is 14.7 Å². The van der Waals surface area contributed by atoms with Gasteiger partial charge in [0.1, 0.15) is 11.8 Å². The Kier molecular flexibility index (Phi) is 8.24. The molecule has 180 valence electrons. The summed E-state index contributed by atoms with van der Waals surface area (Å²) in [7, 11) is 1.74. The second-order valence-electron chi connectivity index (χ2n) is 8.68. The predicted molar refractivity (Wildman–Crippen MR) is 121 cm³/mol. The number of alkyl carbamates (subject to hydrolysis) is 1. The molecule has 0 bridgehead atoms. The number of nitrogens with one attached hydrogen (secondary N) is 1. The number of rotatable bonds is 9. The van der Waals surface area contributed by atoms with Crippen molar-refractivity contribution in [1.82, 2.24) is 25.3 Å². The van der Waals surface area contributed by atoms with E-state index in [-0.39, 0.29) is 6.54 Å². The van der Waals surface area contributed by atoms with Crippen molar-refractivity contribution < 1.29 is 24.2 Å². The van der Waals surface area contributed by atoms with E-state index in [1.54, 1.807) is 11.7 Å². The summed E-state index contributed by atoms with van der Waals surface area (Å²) in [5.41, 5.74) is 2.53. The molecule has 10 nitrogen and oxygen atoms in total. The van der Waals surface area contributed by atoms with Crippen LogP contribution in [0.5, 0.6) is 5.88 Å². The standard InChI is InChI=1S/C23H33N5O5/c1-5-14(2)13-32-23(31)24-12-18-20(26-27-28(18)4)17-11-10-15(3)21(25-17)33-19-9-7-6-8-16(19)22(29)30/h10-11,14,16,19H,5-9,12-13H2,1-4H3,(H,24,31)(H,29,30)/t14-,16-,19-/m0/s1. The number of amides is 1. The van der Waals surface area contributed by atoms with Crippen LogP contribution in [0.25, 0.3) is 11.4 Å². The first kappa shape index (κ1) is 24.5. The largest absolute Gasteiger partial charge is 0.481 e. The van der Waals surface area contributed by atoms with Crippen LogP contribution >= 0.6 is 0 Å². The zero-order valence-electron chi connectivity index (χ0n) is 19.7. The van der Waals surface area contributed by atoms with Gasteiger partial charge < -0.3 is 19.9 Å². The van der Waals surface area contributed by atoms with E-state index in [1.807, 2.05) is 32.9 Å². The highest BCUT2D eigenvalue weighted by Crippen LogP contribution is 2.31. The molecule has 2 aromatic heterocycles. The van der Waals surface area contributed by atoms with Gasteiger partial charge in [-0.1, -0.05) is 38.0 Å². The minimum absolute atomic E-state index is 0.174. The van der Waals surface area contributed by atoms with Crippen molar-refractivity contribution in [2.24, 2.45) is 18.9 Å². The Morgan fingerprint density at radius 1 is 1.30 bits per heavy atom. The molecule has 1 saturated carbocycles. The minimum atomic E-state index is -0.837. The molecule has 2 N–H and O–H groups in total. The summed E-state index contributed by atoms with van der Waals surface area (Å²) in [5.74, 6) is -0.690. The van der Waals surface area contributed by atoms with E-state index in [2.05, 4.69) is 20.6 Å². The fourth-order valence-corrected chi connectivity index (χ4v) is 3.74. The molecule has 3 rings (SSSR count). The summed E-state index contributed by atoms with van der Waals surface area (Å²) in [6.45, 7) is 6.47. The summed E-state index contributed by atoms with van der Waals surface area (Å²) < 4.78 is 12.9. The highest BCUT2D eigenvalue weighted by Gasteiger charge is 2.33. The molecule has 3 atom stereocenters. The van der Waals surface area contributed by atoms with Crippen molar-refractivity contribution in [2.75, 3.05) is 6.61 Å². The van der Waals surface area contributed by atoms with E-state index in [1.165, 1.54) is 0 Å². The van der Waals surface area contributed by atoms with Gasteiger partial charge in [-0.05, 0) is 38.2 Å². The molecule has 2 heterocycles. The van der Waals surface area contributed by atoms with Gasteiger partial charge in [-0.25, -0.2) is 14.5 Å². The van der Waals surface area contributed by atoms with Gasteiger partial charge in [0.2, 0.25) is 5.88 Å². The summed E-state index contributed by atoms with van der Waals surface area (Å²) in [4.78, 5) is 28.3. The maximum atomic E-state index is 12.1. The molecule has 0 unspecified atom stereocenters. The van der Waals surface area contributed by atoms with Crippen LogP contribution < -0.4 is 10.1 Å². The second-order valence-corrected chi connectivity index (χ2v) is 8.68. The minimum Gasteiger partial charge on any atom is -0.481 e. The molecule has 10 heteroatoms. The fraction of sp³-hybridized carbons (Fsp3) is 0.609. The lowest BCUT2D eigenvalue weighted by Crippen LogP contribution is -2.36. The highest BCUT2D eigenvalue weighted by atomic mass is 16.5. The van der Waals surface area contributed by atoms with Gasteiger partial charge in [0, 0.05) is 12.6 Å². The predicted octanol–water partition coefficient (Wildman–Crippen LogP) is 3.48. The van der Waals surface area contributed by atoms with Gasteiger partial charge in [0.15, 0.2) is 0 Å². The molecule has 1 fully saturated rings. The smallest absolute Gasteiger partial charge is 0.407 e. The van der Waals surface area contributed by atoms with Crippen LogP contribution in [0, 0.1) is 18.8 Å². The number of aliphatic carboxylic acids is 1. The number of carbonyl (C=O) groups is 2. The van der Waals surface area contributed by atoms with E-state index in [0.29, 0.717) is 48.3 Å². The monoisotopic (exact) mass is 459 g/mol. The molecular weight excluding hydrogens is 426 g/mol. The lowest BCUT2D eigenvalue weighted by atomic mass is 9.86. The number of hydrogen-bond acceptors (Lipinski definition) is 7. The molecule has 0 radical (unpaired) electrons. The number of hydrogen-bond donors (Lipinski definition) is 2. The van der Waals surface area contributed by atoms with Crippen molar-refractivity contribution in [3.8, 4) is 17.3 Å². The van der Waals surface area contributed by atoms with Crippen molar-refractivity contribution in [2.45, 2.75) is 65.5 Å². The first-order valence-corrected chi connectivity index (χ1v) is 11.5. The number of pyridine rings is 1. The third-order valence-corrected chi connectivity index (χ3v) is 6.11. The van der Waals surface area contributed by atoms with E-state index in [4.69, 9.17) is 9.47 Å². The lowest BCUT2D eigenvalue weighted by Gasteiger charge is -2.29. The molecule has 1 aliphatic carbocycles. The molecule has 1 amide bonds. The third-order valence-electron chi connectivity index (χ3n) is 6.11. The average molecular weight is 460 g/mol. The first-order chi connectivity index (χ1) is 15.8. The van der Waals surface area contributed by atoms with Crippen LogP contribution in [0.1, 0.15) is 57.2 Å². The van der Waals surface area contributed by atoms with Crippen molar-refractivity contribution in [3.05, 3.63) is 23.4 Å². The Bertz CT molecular complexity index is 976. The Balaban J connectivity index is 1.75. The van der Waals surface area contributed by atoms with Gasteiger partial charge in [0.25, 0.3) is 0 Å². The summed E-state index contributed by atoms with van der Waals surface area (Å²) in [5, 5.41) is 20.6. The van der Waals surface area contributed by atoms with Gasteiger partial charge in [-0.3, -0.25) is 4.79 Å². The maximum absolute atomic E-state index is 12.1. The zero-order chi connectivity index (χ0) is 24.0. The molecule has 1 aliphatic rings. The van der Waals surface area contributed by atoms with Crippen molar-refractivity contribution in [1.29, 1.82) is 0 Å². The molecule has 0 saturated heterocycles. The lowest BCUT2D eigenvalue weighted by molar-refractivity contribution is -0.146. The summed E-state index contributed by atoms with van der Waals surface area (Å²) in [6, 6.07) is 3.68. The normalized spacial score (nSPS) is 19.0. The number of ether oxygens (including phenoxy) is 2. The Labute approximate surface area is 193 Å². The maximum Gasteiger partial charge on any atom is 0.407 e. The van der Waals surface area contributed by atoms with Crippen LogP contribution in [0.15, 0.2) is 12.1 Å². The summed E-state index contributed by atoms with van der Waals surface area (Å²) >= 11 is 0. The van der Waals surface area contributed by atoms with E-state index in [0.717, 1.165) is 24.8 Å². The third kappa shape index (κ3) is 6.21. The first-order valence-electron chi connectivity index (χ1n) is 11.5. The highest BCUT2D eigenvalue weighted by molar-refractivity contribution is 5.71. The number of aryl methyl sites for hydroxylation is 2. The Hall–Kier alpha value is -3.17. The summed E-state index contributed by atoms with van der Waals surface area (Å²) in [6.07, 6.45) is 3.12. The molecule has 33 heavy (non-hydrogen) atoms. The van der Waals surface area contributed by atoms with Crippen LogP contribution in [0.2, 0.25) is 0 Å². The topological polar surface area (TPSA) is 128 Å². The number of nitrogens with zero attached hydrogens (tertiary/aromatic N) is 4. The van der Waals surface area contributed by atoms with Gasteiger partial charge in [-0.2, -0.15) is 0 Å². The van der Waals surface area contributed by atoms with Gasteiger partial charge >= 0.3 is 12.1 Å². The average Bonchev–Trinajstić information content (AvgIpc) is 3.17. The van der Waals surface area contributed by atoms with Gasteiger partial charge in [0.05, 0.1) is 30.5 Å². The van der Waals surface area contributed by atoms with E-state index >= 15 is 0 Å². The molecule has 0 aromatic carbocycles. The molecule has 0 spiro atoms. The zero-order valence-corrected chi connectivity index (χ0v) is 19.7. The Morgan fingerprint density at radius 2 is 2.06 bits per heavy atom. The van der Waals surface area contributed by atoms with E-state index < -0.39 is 24.1 Å². The number of carbonyl (C=O) groups excluding carboxylic acids is 1. The quantitative estimate of drug-likeness (QED) is 0.583.